The van der Waals surface area contributed by atoms with E-state index in [1.807, 2.05) is 0 Å². The Morgan fingerprint density at radius 3 is 0.385 bits per heavy atom. The Balaban J connectivity index is -0.0000000450. The Kier molecular flexibility index (Phi) is 39.4. The minimum Gasteiger partial charge on any atom is -0.427 e. The third-order valence-corrected chi connectivity index (χ3v) is 0. The van der Waals surface area contributed by atoms with Crippen LogP contribution in [0.3, 0.4) is 0 Å². The van der Waals surface area contributed by atoms with Crippen LogP contribution < -0.4 is 94.1 Å². The Labute approximate surface area is 128 Å². The molecule has 0 fully saturated rings. The van der Waals surface area contributed by atoms with E-state index in [2.05, 4.69) is 0 Å². The van der Waals surface area contributed by atoms with Crippen LogP contribution in [0.5, 0.6) is 0 Å². The van der Waals surface area contributed by atoms with Crippen LogP contribution in [0.15, 0.2) is 0 Å². The molecule has 0 rings (SSSR count). The summed E-state index contributed by atoms with van der Waals surface area (Å²) in [5, 5.41) is 0. The first kappa shape index (κ1) is 25.0. The van der Waals surface area contributed by atoms with E-state index in [9.17, 15) is 0 Å². The van der Waals surface area contributed by atoms with Crippen LogP contribution >= 0.6 is 0 Å². The van der Waals surface area contributed by atoms with Crippen LogP contribution in [0.1, 0.15) is 0 Å². The van der Waals surface area contributed by atoms with E-state index in [0.717, 1.165) is 0 Å². The summed E-state index contributed by atoms with van der Waals surface area (Å²) in [4.78, 5) is 0. The number of halogens is 3. The van der Waals surface area contributed by atoms with Crippen molar-refractivity contribution in [1.29, 1.82) is 0 Å². The van der Waals surface area contributed by atoms with Gasteiger partial charge in [0.05, 0.1) is 0 Å². The Hall–Kier alpha value is 3.06. The van der Waals surface area contributed by atoms with Gasteiger partial charge in [-0.15, -0.1) is 0 Å². The van der Waals surface area contributed by atoms with Crippen LogP contribution in [0, 0.1) is 36.9 Å². The fraction of sp³-hybridized carbons (Fsp3) is 0. The molecule has 88 valence electrons. The first-order chi connectivity index (χ1) is 5.20. The molecule has 9 nitrogen and oxygen atoms in total. The maximum absolute atomic E-state index is 8.57. The van der Waals surface area contributed by atoms with Crippen molar-refractivity contribution in [3.8, 4) is 0 Å². The molecule has 0 heterocycles. The van der Waals surface area contributed by atoms with Crippen molar-refractivity contribution in [3.05, 3.63) is 0 Å². The van der Waals surface area contributed by atoms with Crippen LogP contribution in [0.2, 0.25) is 0 Å². The van der Waals surface area contributed by atoms with Crippen molar-refractivity contribution >= 4 is 0 Å². The summed E-state index contributed by atoms with van der Waals surface area (Å²) < 4.78 is 77.2. The molecule has 0 aromatic rings. The fourth-order valence-corrected chi connectivity index (χ4v) is 0. The molecule has 0 atom stereocenters. The van der Waals surface area contributed by atoms with Gasteiger partial charge in [-0.05, 0) is 0 Å². The van der Waals surface area contributed by atoms with Crippen molar-refractivity contribution in [2.45, 2.75) is 0 Å². The maximum Gasteiger partial charge on any atom is 3.00 e. The van der Waals surface area contributed by atoms with E-state index in [4.69, 9.17) is 30.9 Å². The third kappa shape index (κ3) is 274. The molecule has 0 aliphatic rings. The second kappa shape index (κ2) is 20.5. The van der Waals surface area contributed by atoms with Gasteiger partial charge in [0.25, 0.3) is 63.2 Å². The quantitative estimate of drug-likeness (QED) is 0.221. The summed E-state index contributed by atoms with van der Waals surface area (Å²) in [7, 11) is 0. The maximum atomic E-state index is 8.57. The molecule has 0 aliphatic heterocycles. The average molecular weight is 694 g/mol. The molecule has 0 saturated carbocycles. The normalized spacial score (nSPS) is 8.31. The van der Waals surface area contributed by atoms with E-state index in [0.29, 0.717) is 0 Å². The van der Waals surface area contributed by atoms with Crippen molar-refractivity contribution in [1.82, 2.24) is 0 Å². The number of hydrogen-bond donors (Lipinski definition) is 0. The topological polar surface area (TPSA) is 208 Å². The Morgan fingerprint density at radius 1 is 0.385 bits per heavy atom. The smallest absolute Gasteiger partial charge is 0.427 e. The van der Waals surface area contributed by atoms with Crippen molar-refractivity contribution in [3.63, 3.8) is 0 Å². The largest absolute Gasteiger partial charge is 3.00 e. The monoisotopic (exact) mass is 694 g/mol. The molecule has 0 aromatic heterocycles. The molecule has 0 aliphatic carbocycles. The molecule has 0 saturated heterocycles. The van der Waals surface area contributed by atoms with Gasteiger partial charge < -0.3 is 30.9 Å². The van der Waals surface area contributed by atoms with Gasteiger partial charge >= 0.3 is 36.9 Å². The van der Waals surface area contributed by atoms with Gasteiger partial charge in [0.2, 0.25) is 0 Å². The van der Waals surface area contributed by atoms with Crippen LogP contribution in [0.25, 0.3) is 0 Å². The summed E-state index contributed by atoms with van der Waals surface area (Å²) in [6.45, 7) is 0. The molecule has 0 spiro atoms. The molecule has 13 heavy (non-hydrogen) atoms. The second-order valence-electron chi connectivity index (χ2n) is 0.567. The molecule has 0 aromatic carbocycles. The van der Waals surface area contributed by atoms with Gasteiger partial charge in [-0.25, -0.2) is 0 Å². The van der Waals surface area contributed by atoms with Crippen LogP contribution in [0.4, 0.5) is 0 Å². The van der Waals surface area contributed by atoms with E-state index < -0.39 is 63.2 Å². The molecular weight excluding hydrogens is 694 g/mol. The first-order valence-electron chi connectivity index (χ1n) is 1.39. The zero-order chi connectivity index (χ0) is 10.7. The van der Waals surface area contributed by atoms with Gasteiger partial charge in [-0.3, -0.25) is 0 Å². The minimum absolute atomic E-state index is 0. The third-order valence-electron chi connectivity index (χ3n) is 0. The molecule has 0 N–H and O–H groups in total. The van der Waals surface area contributed by atoms with E-state index in [-0.39, 0.29) is 36.9 Å². The minimum atomic E-state index is -4.01. The standard InChI is InChI=1S/3IO3.Tm/c3*2-1(3)4;/q3*-1;+3. The molecule has 0 radical (unpaired) electrons. The number of rotatable bonds is 0. The zero-order valence-electron chi connectivity index (χ0n) is 5.09. The van der Waals surface area contributed by atoms with E-state index >= 15 is 0 Å². The van der Waals surface area contributed by atoms with Crippen molar-refractivity contribution in [2.24, 2.45) is 0 Å². The van der Waals surface area contributed by atoms with E-state index in [1.54, 1.807) is 0 Å². The predicted molar refractivity (Wildman–Crippen MR) is 0 cm³/mol. The molecule has 0 unspecified atom stereocenters. The van der Waals surface area contributed by atoms with Crippen LogP contribution in [-0.4, -0.2) is 0 Å². The Morgan fingerprint density at radius 2 is 0.385 bits per heavy atom. The molecule has 0 amide bonds. The fourth-order valence-electron chi connectivity index (χ4n) is 0. The van der Waals surface area contributed by atoms with Crippen molar-refractivity contribution < 1.29 is 131 Å². The zero-order valence-corrected chi connectivity index (χ0v) is 13.3. The first-order valence-corrected chi connectivity index (χ1v) is 9.32. The average Bonchev–Trinajstić information content (AvgIpc) is 1.54. The van der Waals surface area contributed by atoms with Gasteiger partial charge in [-0.1, -0.05) is 0 Å². The SMILES string of the molecule is [O-][I+2]([O-])[O-].[O-][I+2]([O-])[O-].[O-][I+2]([O-])[O-].[Tm+3]. The summed E-state index contributed by atoms with van der Waals surface area (Å²) >= 11 is -12.0. The Bertz CT molecular complexity index is 43.4. The van der Waals surface area contributed by atoms with Gasteiger partial charge in [-0.2, -0.15) is 0 Å². The molecular formula is I3O9Tm. The summed E-state index contributed by atoms with van der Waals surface area (Å²) in [5.74, 6) is 0. The van der Waals surface area contributed by atoms with Crippen molar-refractivity contribution in [2.75, 3.05) is 0 Å². The van der Waals surface area contributed by atoms with Crippen LogP contribution in [-0.2, 0) is 0 Å². The van der Waals surface area contributed by atoms with Gasteiger partial charge in [0.1, 0.15) is 0 Å². The van der Waals surface area contributed by atoms with Gasteiger partial charge in [0, 0.05) is 0 Å². The predicted octanol–water partition coefficient (Wildman–Crippen LogP) is -19.7. The second-order valence-corrected chi connectivity index (χ2v) is 3.80. The van der Waals surface area contributed by atoms with E-state index in [1.165, 1.54) is 0 Å². The summed E-state index contributed by atoms with van der Waals surface area (Å²) in [6.07, 6.45) is 0. The molecule has 0 bridgehead atoms. The summed E-state index contributed by atoms with van der Waals surface area (Å²) in [6, 6.07) is 0. The molecule has 13 heteroatoms. The number of hydrogen-bond acceptors (Lipinski definition) is 9. The summed E-state index contributed by atoms with van der Waals surface area (Å²) in [5.41, 5.74) is 0. The van der Waals surface area contributed by atoms with Gasteiger partial charge in [0.15, 0.2) is 0 Å².